The number of fused-ring (bicyclic) bond motifs is 1. The number of hydrogen-bond donors (Lipinski definition) is 1. The zero-order chi connectivity index (χ0) is 20.7. The molecule has 2 aromatic carbocycles. The number of aryl methyl sites for hydroxylation is 1. The van der Waals surface area contributed by atoms with E-state index < -0.39 is 17.2 Å². The van der Waals surface area contributed by atoms with Crippen LogP contribution >= 0.6 is 11.8 Å². The SMILES string of the molecule is CCn1cc(C(=O)O)c(=O)c2cc(F)c(C3SCC(c4ccccc4)N3C)cc21. The van der Waals surface area contributed by atoms with Crippen LogP contribution < -0.4 is 5.43 Å². The van der Waals surface area contributed by atoms with Gasteiger partial charge in [-0.15, -0.1) is 11.8 Å². The van der Waals surface area contributed by atoms with Gasteiger partial charge in [-0.05, 0) is 31.7 Å². The summed E-state index contributed by atoms with van der Waals surface area (Å²) in [6, 6.07) is 13.2. The summed E-state index contributed by atoms with van der Waals surface area (Å²) in [5, 5.41) is 9.20. The molecule has 0 spiro atoms. The summed E-state index contributed by atoms with van der Waals surface area (Å²) in [6.07, 6.45) is 1.34. The van der Waals surface area contributed by atoms with Gasteiger partial charge >= 0.3 is 5.97 Å². The van der Waals surface area contributed by atoms with Crippen molar-refractivity contribution in [3.63, 3.8) is 0 Å². The second kappa shape index (κ2) is 7.65. The predicted molar refractivity (Wildman–Crippen MR) is 113 cm³/mol. The molecule has 0 radical (unpaired) electrons. The van der Waals surface area contributed by atoms with E-state index in [-0.39, 0.29) is 22.4 Å². The molecule has 1 aliphatic rings. The fourth-order valence-electron chi connectivity index (χ4n) is 3.93. The van der Waals surface area contributed by atoms with Crippen LogP contribution in [0.4, 0.5) is 4.39 Å². The summed E-state index contributed by atoms with van der Waals surface area (Å²) >= 11 is 1.66. The number of carboxylic acid groups (broad SMARTS) is 1. The number of pyridine rings is 1. The van der Waals surface area contributed by atoms with E-state index in [2.05, 4.69) is 17.0 Å². The number of hydrogen-bond acceptors (Lipinski definition) is 4. The van der Waals surface area contributed by atoms with Crippen LogP contribution in [0, 0.1) is 5.82 Å². The van der Waals surface area contributed by atoms with Crippen molar-refractivity contribution in [3.8, 4) is 0 Å². The molecular weight excluding hydrogens is 391 g/mol. The number of carbonyl (C=O) groups is 1. The Balaban J connectivity index is 1.81. The summed E-state index contributed by atoms with van der Waals surface area (Å²) in [6.45, 7) is 2.34. The molecule has 5 nitrogen and oxygen atoms in total. The van der Waals surface area contributed by atoms with Gasteiger partial charge in [0.2, 0.25) is 5.43 Å². The van der Waals surface area contributed by atoms with Crippen LogP contribution in [0.15, 0.2) is 53.5 Å². The van der Waals surface area contributed by atoms with Crippen LogP contribution in [0.3, 0.4) is 0 Å². The lowest BCUT2D eigenvalue weighted by molar-refractivity contribution is 0.0695. The Hall–Kier alpha value is -2.64. The normalized spacial score (nSPS) is 19.7. The molecule has 0 amide bonds. The van der Waals surface area contributed by atoms with Gasteiger partial charge in [-0.2, -0.15) is 0 Å². The fraction of sp³-hybridized carbons (Fsp3) is 0.273. The van der Waals surface area contributed by atoms with E-state index in [1.807, 2.05) is 32.2 Å². The quantitative estimate of drug-likeness (QED) is 0.693. The first-order valence-corrected chi connectivity index (χ1v) is 10.5. The smallest absolute Gasteiger partial charge is 0.341 e. The average Bonchev–Trinajstić information content (AvgIpc) is 3.10. The molecule has 1 fully saturated rings. The molecule has 3 aromatic rings. The number of halogens is 1. The molecule has 2 unspecified atom stereocenters. The lowest BCUT2D eigenvalue weighted by Gasteiger charge is -2.26. The minimum Gasteiger partial charge on any atom is -0.477 e. The molecule has 1 N–H and O–H groups in total. The van der Waals surface area contributed by atoms with E-state index in [0.717, 1.165) is 5.75 Å². The van der Waals surface area contributed by atoms with E-state index in [4.69, 9.17) is 0 Å². The highest BCUT2D eigenvalue weighted by atomic mass is 32.2. The van der Waals surface area contributed by atoms with Crippen molar-refractivity contribution in [2.24, 2.45) is 0 Å². The first-order chi connectivity index (χ1) is 13.9. The van der Waals surface area contributed by atoms with E-state index in [1.165, 1.54) is 17.8 Å². The first kappa shape index (κ1) is 19.7. The van der Waals surface area contributed by atoms with Gasteiger partial charge in [-0.3, -0.25) is 9.69 Å². The third-order valence-electron chi connectivity index (χ3n) is 5.49. The van der Waals surface area contributed by atoms with Gasteiger partial charge in [-0.1, -0.05) is 30.3 Å². The third kappa shape index (κ3) is 3.34. The Kier molecular flexibility index (Phi) is 5.19. The van der Waals surface area contributed by atoms with Gasteiger partial charge in [0, 0.05) is 35.5 Å². The fourth-order valence-corrected chi connectivity index (χ4v) is 5.46. The maximum absolute atomic E-state index is 15.1. The zero-order valence-corrected chi connectivity index (χ0v) is 16.9. The molecule has 7 heteroatoms. The molecule has 150 valence electrons. The number of nitrogens with zero attached hydrogens (tertiary/aromatic N) is 2. The molecule has 1 saturated heterocycles. The van der Waals surface area contributed by atoms with Crippen molar-refractivity contribution in [3.05, 3.63) is 81.4 Å². The van der Waals surface area contributed by atoms with Crippen molar-refractivity contribution in [1.82, 2.24) is 9.47 Å². The summed E-state index contributed by atoms with van der Waals surface area (Å²) in [5.41, 5.74) is 1.24. The van der Waals surface area contributed by atoms with Gasteiger partial charge in [0.05, 0.1) is 10.9 Å². The Morgan fingerprint density at radius 2 is 2.00 bits per heavy atom. The Morgan fingerprint density at radius 3 is 2.66 bits per heavy atom. The first-order valence-electron chi connectivity index (χ1n) is 9.40. The number of aromatic carboxylic acids is 1. The lowest BCUT2D eigenvalue weighted by Crippen LogP contribution is -2.23. The van der Waals surface area contributed by atoms with E-state index in [1.54, 1.807) is 22.4 Å². The Labute approximate surface area is 171 Å². The molecule has 1 aliphatic heterocycles. The number of carboxylic acids is 1. The Bertz CT molecular complexity index is 1150. The van der Waals surface area contributed by atoms with Crippen LogP contribution in [-0.4, -0.2) is 33.3 Å². The highest BCUT2D eigenvalue weighted by Gasteiger charge is 2.35. The number of rotatable bonds is 4. The second-order valence-electron chi connectivity index (χ2n) is 7.13. The third-order valence-corrected chi connectivity index (χ3v) is 6.90. The van der Waals surface area contributed by atoms with Crippen molar-refractivity contribution in [2.75, 3.05) is 12.8 Å². The maximum atomic E-state index is 15.1. The van der Waals surface area contributed by atoms with Gasteiger partial charge in [0.1, 0.15) is 11.4 Å². The lowest BCUT2D eigenvalue weighted by atomic mass is 10.0. The highest BCUT2D eigenvalue weighted by Crippen LogP contribution is 2.47. The molecule has 2 atom stereocenters. The van der Waals surface area contributed by atoms with Crippen molar-refractivity contribution >= 4 is 28.6 Å². The standard InChI is InChI=1S/C22H21FN2O3S/c1-3-25-11-16(22(27)28)20(26)15-9-17(23)14(10-18(15)25)21-24(2)19(12-29-21)13-7-5-4-6-8-13/h4-11,19,21H,3,12H2,1-2H3,(H,27,28). The van der Waals surface area contributed by atoms with Crippen LogP contribution in [0.1, 0.15) is 39.8 Å². The Morgan fingerprint density at radius 1 is 1.28 bits per heavy atom. The summed E-state index contributed by atoms with van der Waals surface area (Å²) < 4.78 is 16.8. The highest BCUT2D eigenvalue weighted by molar-refractivity contribution is 7.99. The van der Waals surface area contributed by atoms with Crippen LogP contribution in [0.5, 0.6) is 0 Å². The maximum Gasteiger partial charge on any atom is 0.341 e. The summed E-state index contributed by atoms with van der Waals surface area (Å²) in [7, 11) is 1.98. The van der Waals surface area contributed by atoms with Crippen LogP contribution in [-0.2, 0) is 6.54 Å². The molecule has 29 heavy (non-hydrogen) atoms. The molecule has 0 saturated carbocycles. The molecule has 4 rings (SSSR count). The average molecular weight is 412 g/mol. The molecule has 2 heterocycles. The molecule has 0 bridgehead atoms. The molecule has 0 aliphatic carbocycles. The monoisotopic (exact) mass is 412 g/mol. The van der Waals surface area contributed by atoms with E-state index in [9.17, 15) is 14.7 Å². The van der Waals surface area contributed by atoms with Crippen molar-refractivity contribution in [2.45, 2.75) is 24.9 Å². The van der Waals surface area contributed by atoms with Gasteiger partial charge in [0.25, 0.3) is 0 Å². The van der Waals surface area contributed by atoms with E-state index >= 15 is 4.39 Å². The predicted octanol–water partition coefficient (Wildman–Crippen LogP) is 4.28. The number of aromatic nitrogens is 1. The van der Waals surface area contributed by atoms with Crippen molar-refractivity contribution < 1.29 is 14.3 Å². The summed E-state index contributed by atoms with van der Waals surface area (Å²) in [5.74, 6) is -0.959. The summed E-state index contributed by atoms with van der Waals surface area (Å²) in [4.78, 5) is 26.1. The topological polar surface area (TPSA) is 62.5 Å². The second-order valence-corrected chi connectivity index (χ2v) is 8.24. The number of thioether (sulfide) groups is 1. The van der Waals surface area contributed by atoms with Gasteiger partial charge in [0.15, 0.2) is 0 Å². The van der Waals surface area contributed by atoms with Crippen LogP contribution in [0.2, 0.25) is 0 Å². The van der Waals surface area contributed by atoms with Gasteiger partial charge < -0.3 is 9.67 Å². The zero-order valence-electron chi connectivity index (χ0n) is 16.1. The van der Waals surface area contributed by atoms with Crippen LogP contribution in [0.25, 0.3) is 10.9 Å². The number of benzene rings is 2. The van der Waals surface area contributed by atoms with Gasteiger partial charge in [-0.25, -0.2) is 9.18 Å². The molecule has 1 aromatic heterocycles. The van der Waals surface area contributed by atoms with E-state index in [0.29, 0.717) is 17.6 Å². The molecular formula is C22H21FN2O3S. The van der Waals surface area contributed by atoms with Crippen molar-refractivity contribution in [1.29, 1.82) is 0 Å². The minimum atomic E-state index is -1.31. The minimum absolute atomic E-state index is 0.0956. The largest absolute Gasteiger partial charge is 0.477 e.